The van der Waals surface area contributed by atoms with Crippen LogP contribution in [-0.2, 0) is 19.9 Å². The van der Waals surface area contributed by atoms with Gasteiger partial charge < -0.3 is 9.80 Å². The Bertz CT molecular complexity index is 862. The molecule has 26 heavy (non-hydrogen) atoms. The van der Waals surface area contributed by atoms with Crippen LogP contribution in [-0.4, -0.2) is 61.9 Å². The maximum absolute atomic E-state index is 12.6. The number of carbonyl (C=O) groups excluding carboxylic acids is 1. The van der Waals surface area contributed by atoms with Crippen molar-refractivity contribution in [3.05, 3.63) is 29.0 Å². The third-order valence-electron chi connectivity index (χ3n) is 5.92. The molecule has 1 amide bonds. The van der Waals surface area contributed by atoms with Crippen LogP contribution in [0.25, 0.3) is 0 Å². The SMILES string of the molecule is Cc1nc2c(c(N3CC4CN(C(=O)c5cn(C)nn5)CC4C3)n1)CCC2. The molecule has 2 atom stereocenters. The molecule has 8 heteroatoms. The summed E-state index contributed by atoms with van der Waals surface area (Å²) in [5.74, 6) is 3.02. The Hall–Kier alpha value is -2.51. The summed E-state index contributed by atoms with van der Waals surface area (Å²) in [6.07, 6.45) is 5.04. The zero-order valence-electron chi connectivity index (χ0n) is 15.2. The number of carbonyl (C=O) groups is 1. The lowest BCUT2D eigenvalue weighted by Gasteiger charge is -2.24. The average molecular weight is 353 g/mol. The largest absolute Gasteiger partial charge is 0.356 e. The standard InChI is InChI=1S/C18H23N7O/c1-11-19-15-5-3-4-14(15)17(20-11)24-6-12-8-25(9-13(12)7-24)18(26)16-10-23(2)22-21-16/h10,12-13H,3-9H2,1-2H3. The summed E-state index contributed by atoms with van der Waals surface area (Å²) in [6, 6.07) is 0. The van der Waals surface area contributed by atoms with E-state index in [1.807, 2.05) is 11.8 Å². The van der Waals surface area contributed by atoms with Crippen molar-refractivity contribution in [3.8, 4) is 0 Å². The van der Waals surface area contributed by atoms with Crippen LogP contribution in [0.4, 0.5) is 5.82 Å². The van der Waals surface area contributed by atoms with E-state index >= 15 is 0 Å². The number of fused-ring (bicyclic) bond motifs is 2. The van der Waals surface area contributed by atoms with E-state index in [1.54, 1.807) is 17.9 Å². The van der Waals surface area contributed by atoms with Crippen LogP contribution >= 0.6 is 0 Å². The zero-order valence-corrected chi connectivity index (χ0v) is 15.2. The highest BCUT2D eigenvalue weighted by Gasteiger charge is 2.43. The van der Waals surface area contributed by atoms with Crippen LogP contribution in [0.15, 0.2) is 6.20 Å². The molecule has 4 heterocycles. The first kappa shape index (κ1) is 15.7. The number of aryl methyl sites for hydroxylation is 3. The highest BCUT2D eigenvalue weighted by Crippen LogP contribution is 2.37. The number of rotatable bonds is 2. The van der Waals surface area contributed by atoms with Crippen molar-refractivity contribution in [2.75, 3.05) is 31.1 Å². The van der Waals surface area contributed by atoms with Gasteiger partial charge in [-0.05, 0) is 26.2 Å². The van der Waals surface area contributed by atoms with Crippen molar-refractivity contribution in [2.24, 2.45) is 18.9 Å². The monoisotopic (exact) mass is 353 g/mol. The van der Waals surface area contributed by atoms with E-state index in [0.717, 1.165) is 50.7 Å². The molecule has 0 spiro atoms. The molecule has 0 aromatic carbocycles. The van der Waals surface area contributed by atoms with Gasteiger partial charge in [0.15, 0.2) is 5.69 Å². The molecule has 2 saturated heterocycles. The summed E-state index contributed by atoms with van der Waals surface area (Å²) in [7, 11) is 1.78. The Morgan fingerprint density at radius 3 is 2.58 bits per heavy atom. The first-order chi connectivity index (χ1) is 12.6. The fourth-order valence-corrected chi connectivity index (χ4v) is 4.73. The molecule has 0 N–H and O–H groups in total. The van der Waals surface area contributed by atoms with Crippen LogP contribution in [0.3, 0.4) is 0 Å². The number of anilines is 1. The van der Waals surface area contributed by atoms with Gasteiger partial charge in [-0.1, -0.05) is 5.21 Å². The Morgan fingerprint density at radius 1 is 1.12 bits per heavy atom. The van der Waals surface area contributed by atoms with Crippen LogP contribution in [0, 0.1) is 18.8 Å². The van der Waals surface area contributed by atoms with Gasteiger partial charge in [-0.25, -0.2) is 9.97 Å². The highest BCUT2D eigenvalue weighted by atomic mass is 16.2. The number of hydrogen-bond donors (Lipinski definition) is 0. The van der Waals surface area contributed by atoms with E-state index in [1.165, 1.54) is 17.7 Å². The summed E-state index contributed by atoms with van der Waals surface area (Å²) >= 11 is 0. The molecule has 0 saturated carbocycles. The number of aromatic nitrogens is 5. The predicted octanol–water partition coefficient (Wildman–Crippen LogP) is 0.611. The van der Waals surface area contributed by atoms with Crippen molar-refractivity contribution in [1.82, 2.24) is 29.9 Å². The van der Waals surface area contributed by atoms with E-state index in [-0.39, 0.29) is 5.91 Å². The quantitative estimate of drug-likeness (QED) is 0.787. The summed E-state index contributed by atoms with van der Waals surface area (Å²) in [4.78, 5) is 26.4. The van der Waals surface area contributed by atoms with Gasteiger partial charge in [-0.15, -0.1) is 5.10 Å². The predicted molar refractivity (Wildman–Crippen MR) is 94.9 cm³/mol. The van der Waals surface area contributed by atoms with Crippen LogP contribution in [0.1, 0.15) is 34.0 Å². The first-order valence-corrected chi connectivity index (χ1v) is 9.35. The lowest BCUT2D eigenvalue weighted by Crippen LogP contribution is -2.34. The minimum atomic E-state index is -0.00202. The second-order valence-electron chi connectivity index (χ2n) is 7.79. The molecule has 0 bridgehead atoms. The van der Waals surface area contributed by atoms with Gasteiger partial charge in [-0.2, -0.15) is 0 Å². The van der Waals surface area contributed by atoms with Crippen LogP contribution < -0.4 is 4.90 Å². The van der Waals surface area contributed by atoms with Gasteiger partial charge in [0, 0.05) is 56.3 Å². The molecule has 1 aliphatic carbocycles. The number of hydrogen-bond acceptors (Lipinski definition) is 6. The van der Waals surface area contributed by atoms with Crippen molar-refractivity contribution in [1.29, 1.82) is 0 Å². The minimum absolute atomic E-state index is 0.00202. The molecule has 3 aliphatic rings. The third-order valence-corrected chi connectivity index (χ3v) is 5.92. The zero-order chi connectivity index (χ0) is 17.8. The topological polar surface area (TPSA) is 80.0 Å². The van der Waals surface area contributed by atoms with E-state index < -0.39 is 0 Å². The van der Waals surface area contributed by atoms with Crippen molar-refractivity contribution < 1.29 is 4.79 Å². The third kappa shape index (κ3) is 2.47. The maximum Gasteiger partial charge on any atom is 0.276 e. The Morgan fingerprint density at radius 2 is 1.88 bits per heavy atom. The van der Waals surface area contributed by atoms with Crippen LogP contribution in [0.2, 0.25) is 0 Å². The average Bonchev–Trinajstić information content (AvgIpc) is 3.35. The van der Waals surface area contributed by atoms with Gasteiger partial charge in [-0.3, -0.25) is 9.48 Å². The van der Waals surface area contributed by atoms with Gasteiger partial charge >= 0.3 is 0 Å². The van der Waals surface area contributed by atoms with Crippen LogP contribution in [0.5, 0.6) is 0 Å². The number of likely N-dealkylation sites (tertiary alicyclic amines) is 1. The summed E-state index contributed by atoms with van der Waals surface area (Å²) < 4.78 is 1.57. The second kappa shape index (κ2) is 5.75. The lowest BCUT2D eigenvalue weighted by atomic mass is 10.0. The first-order valence-electron chi connectivity index (χ1n) is 9.35. The van der Waals surface area contributed by atoms with E-state index in [9.17, 15) is 4.79 Å². The molecule has 2 fully saturated rings. The fraction of sp³-hybridized carbons (Fsp3) is 0.611. The van der Waals surface area contributed by atoms with E-state index in [2.05, 4.69) is 20.2 Å². The molecular formula is C18H23N7O. The summed E-state index contributed by atoms with van der Waals surface area (Å²) in [6.45, 7) is 5.52. The molecule has 136 valence electrons. The van der Waals surface area contributed by atoms with Gasteiger partial charge in [0.05, 0.1) is 6.20 Å². The number of nitrogens with zero attached hydrogens (tertiary/aromatic N) is 7. The molecular weight excluding hydrogens is 330 g/mol. The Labute approximate surface area is 152 Å². The second-order valence-corrected chi connectivity index (χ2v) is 7.79. The van der Waals surface area contributed by atoms with Crippen molar-refractivity contribution >= 4 is 11.7 Å². The molecule has 2 unspecified atom stereocenters. The summed E-state index contributed by atoms with van der Waals surface area (Å²) in [5, 5.41) is 7.83. The van der Waals surface area contributed by atoms with Gasteiger partial charge in [0.2, 0.25) is 0 Å². The van der Waals surface area contributed by atoms with Gasteiger partial charge in [0.1, 0.15) is 11.6 Å². The molecule has 2 aliphatic heterocycles. The Kier molecular flexibility index (Phi) is 3.48. The molecule has 8 nitrogen and oxygen atoms in total. The van der Waals surface area contributed by atoms with Gasteiger partial charge in [0.25, 0.3) is 5.91 Å². The molecule has 5 rings (SSSR count). The number of amides is 1. The smallest absolute Gasteiger partial charge is 0.276 e. The van der Waals surface area contributed by atoms with Crippen molar-refractivity contribution in [2.45, 2.75) is 26.2 Å². The molecule has 0 radical (unpaired) electrons. The molecule has 2 aromatic rings. The van der Waals surface area contributed by atoms with Crippen molar-refractivity contribution in [3.63, 3.8) is 0 Å². The maximum atomic E-state index is 12.6. The Balaban J connectivity index is 1.31. The normalized spacial score (nSPS) is 24.2. The van der Waals surface area contributed by atoms with E-state index in [4.69, 9.17) is 4.98 Å². The molecule has 2 aromatic heterocycles. The minimum Gasteiger partial charge on any atom is -0.356 e. The fourth-order valence-electron chi connectivity index (χ4n) is 4.73. The lowest BCUT2D eigenvalue weighted by molar-refractivity contribution is 0.0776. The summed E-state index contributed by atoms with van der Waals surface area (Å²) in [5.41, 5.74) is 3.03. The van der Waals surface area contributed by atoms with E-state index in [0.29, 0.717) is 17.5 Å². The highest BCUT2D eigenvalue weighted by molar-refractivity contribution is 5.92.